The summed E-state index contributed by atoms with van der Waals surface area (Å²) in [5.74, 6) is 1.73. The van der Waals surface area contributed by atoms with Crippen LogP contribution in [0.25, 0.3) is 94.7 Å². The molecule has 0 amide bonds. The van der Waals surface area contributed by atoms with E-state index in [0.29, 0.717) is 17.6 Å². The standard InChI is InChI=1S/C45H28N4O/c1-4-14-29(15-5-1)32-24-25-36-40(27-32)50-41-28-33(26-37(42(36)41)30-16-6-2-7-17-30)44-46-43(31-18-8-3-9-19-31)47-45(48-44)49-38-22-12-10-20-34(38)35-21-11-13-23-39(35)49/h1-28H. The monoisotopic (exact) mass is 640 g/mol. The zero-order valence-corrected chi connectivity index (χ0v) is 26.9. The van der Waals surface area contributed by atoms with Crippen LogP contribution in [0.3, 0.4) is 0 Å². The largest absolute Gasteiger partial charge is 0.456 e. The maximum Gasteiger partial charge on any atom is 0.238 e. The zero-order chi connectivity index (χ0) is 33.0. The molecule has 0 saturated carbocycles. The Morgan fingerprint density at radius 3 is 1.58 bits per heavy atom. The van der Waals surface area contributed by atoms with Gasteiger partial charge in [-0.1, -0.05) is 133 Å². The summed E-state index contributed by atoms with van der Waals surface area (Å²) < 4.78 is 8.84. The molecule has 0 radical (unpaired) electrons. The fourth-order valence-corrected chi connectivity index (χ4v) is 7.14. The van der Waals surface area contributed by atoms with Crippen molar-refractivity contribution < 1.29 is 4.42 Å². The van der Waals surface area contributed by atoms with Crippen LogP contribution in [0.5, 0.6) is 0 Å². The summed E-state index contributed by atoms with van der Waals surface area (Å²) in [7, 11) is 0. The molecule has 50 heavy (non-hydrogen) atoms. The van der Waals surface area contributed by atoms with Gasteiger partial charge in [-0.2, -0.15) is 9.97 Å². The van der Waals surface area contributed by atoms with Crippen molar-refractivity contribution in [2.75, 3.05) is 0 Å². The Labute approximate surface area is 287 Å². The first-order valence-corrected chi connectivity index (χ1v) is 16.7. The Bertz CT molecular complexity index is 2800. The molecule has 0 aliphatic rings. The summed E-state index contributed by atoms with van der Waals surface area (Å²) in [5, 5.41) is 4.43. The van der Waals surface area contributed by atoms with Crippen LogP contribution in [-0.2, 0) is 0 Å². The fourth-order valence-electron chi connectivity index (χ4n) is 7.14. The first kappa shape index (κ1) is 28.2. The number of rotatable bonds is 5. The number of nitrogens with zero attached hydrogens (tertiary/aromatic N) is 4. The molecular weight excluding hydrogens is 613 g/mol. The molecule has 5 nitrogen and oxygen atoms in total. The maximum absolute atomic E-state index is 6.70. The third kappa shape index (κ3) is 4.60. The normalized spacial score (nSPS) is 11.6. The van der Waals surface area contributed by atoms with Crippen molar-refractivity contribution >= 4 is 43.7 Å². The highest BCUT2D eigenvalue weighted by molar-refractivity contribution is 6.14. The first-order chi connectivity index (χ1) is 24.8. The summed E-state index contributed by atoms with van der Waals surface area (Å²) in [6.07, 6.45) is 0. The average Bonchev–Trinajstić information content (AvgIpc) is 3.74. The molecule has 3 aromatic heterocycles. The SMILES string of the molecule is c1ccc(-c2ccc3c(c2)oc2cc(-c4nc(-c5ccccc5)nc(-n5c6ccccc6c6ccccc65)n4)cc(-c4ccccc4)c23)cc1. The summed E-state index contributed by atoms with van der Waals surface area (Å²) in [4.78, 5) is 15.4. The van der Waals surface area contributed by atoms with E-state index < -0.39 is 0 Å². The van der Waals surface area contributed by atoms with E-state index in [2.05, 4.69) is 132 Å². The molecule has 0 fully saturated rings. The van der Waals surface area contributed by atoms with Crippen molar-refractivity contribution in [3.05, 3.63) is 170 Å². The van der Waals surface area contributed by atoms with Gasteiger partial charge < -0.3 is 4.42 Å². The Morgan fingerprint density at radius 1 is 0.380 bits per heavy atom. The number of para-hydroxylation sites is 2. The van der Waals surface area contributed by atoms with Gasteiger partial charge in [0.1, 0.15) is 11.2 Å². The predicted octanol–water partition coefficient (Wildman–Crippen LogP) is 11.5. The van der Waals surface area contributed by atoms with Crippen LogP contribution in [0.15, 0.2) is 174 Å². The molecule has 0 bridgehead atoms. The van der Waals surface area contributed by atoms with E-state index in [1.54, 1.807) is 0 Å². The molecule has 0 saturated heterocycles. The Hall–Kier alpha value is -6.85. The lowest BCUT2D eigenvalue weighted by atomic mass is 9.96. The molecule has 0 N–H and O–H groups in total. The van der Waals surface area contributed by atoms with Crippen molar-refractivity contribution in [3.63, 3.8) is 0 Å². The molecule has 10 aromatic rings. The van der Waals surface area contributed by atoms with Gasteiger partial charge in [-0.15, -0.1) is 0 Å². The van der Waals surface area contributed by atoms with Crippen molar-refractivity contribution in [1.82, 2.24) is 19.5 Å². The van der Waals surface area contributed by atoms with Crippen LogP contribution >= 0.6 is 0 Å². The third-order valence-electron chi connectivity index (χ3n) is 9.46. The second kappa shape index (κ2) is 11.4. The van der Waals surface area contributed by atoms with Crippen molar-refractivity contribution in [2.24, 2.45) is 0 Å². The van der Waals surface area contributed by atoms with Gasteiger partial charge in [0, 0.05) is 32.7 Å². The molecule has 5 heteroatoms. The lowest BCUT2D eigenvalue weighted by Crippen LogP contribution is -2.06. The predicted molar refractivity (Wildman–Crippen MR) is 203 cm³/mol. The van der Waals surface area contributed by atoms with Gasteiger partial charge in [0.25, 0.3) is 0 Å². The van der Waals surface area contributed by atoms with E-state index in [-0.39, 0.29) is 0 Å². The van der Waals surface area contributed by atoms with Crippen LogP contribution in [0, 0.1) is 0 Å². The van der Waals surface area contributed by atoms with Gasteiger partial charge in [-0.25, -0.2) is 4.98 Å². The van der Waals surface area contributed by atoms with Gasteiger partial charge in [0.05, 0.1) is 11.0 Å². The minimum Gasteiger partial charge on any atom is -0.456 e. The molecule has 10 rings (SSSR count). The maximum atomic E-state index is 6.70. The number of hydrogen-bond donors (Lipinski definition) is 0. The lowest BCUT2D eigenvalue weighted by Gasteiger charge is -2.12. The summed E-state index contributed by atoms with van der Waals surface area (Å²) in [5.41, 5.74) is 9.87. The van der Waals surface area contributed by atoms with Crippen molar-refractivity contribution in [1.29, 1.82) is 0 Å². The van der Waals surface area contributed by atoms with Crippen LogP contribution in [0.1, 0.15) is 0 Å². The van der Waals surface area contributed by atoms with E-state index in [0.717, 1.165) is 77.1 Å². The lowest BCUT2D eigenvalue weighted by molar-refractivity contribution is 0.669. The number of benzene rings is 7. The van der Waals surface area contributed by atoms with Gasteiger partial charge in [-0.05, 0) is 58.7 Å². The second-order valence-corrected chi connectivity index (χ2v) is 12.5. The highest BCUT2D eigenvalue weighted by Gasteiger charge is 2.20. The quantitative estimate of drug-likeness (QED) is 0.188. The Morgan fingerprint density at radius 2 is 0.920 bits per heavy atom. The van der Waals surface area contributed by atoms with Crippen molar-refractivity contribution in [3.8, 4) is 51.0 Å². The van der Waals surface area contributed by atoms with Crippen LogP contribution in [0.4, 0.5) is 0 Å². The summed E-state index contributed by atoms with van der Waals surface area (Å²) >= 11 is 0. The highest BCUT2D eigenvalue weighted by Crippen LogP contribution is 2.41. The molecule has 0 aliphatic carbocycles. The van der Waals surface area contributed by atoms with Crippen LogP contribution in [-0.4, -0.2) is 19.5 Å². The van der Waals surface area contributed by atoms with E-state index in [1.165, 1.54) is 0 Å². The topological polar surface area (TPSA) is 56.7 Å². The summed E-state index contributed by atoms with van der Waals surface area (Å²) in [6, 6.07) is 58.5. The van der Waals surface area contributed by atoms with E-state index in [1.807, 2.05) is 42.5 Å². The highest BCUT2D eigenvalue weighted by atomic mass is 16.3. The number of furan rings is 1. The molecule has 3 heterocycles. The second-order valence-electron chi connectivity index (χ2n) is 12.5. The van der Waals surface area contributed by atoms with Gasteiger partial charge in [0.15, 0.2) is 11.6 Å². The van der Waals surface area contributed by atoms with Gasteiger partial charge >= 0.3 is 0 Å². The van der Waals surface area contributed by atoms with E-state index in [9.17, 15) is 0 Å². The first-order valence-electron chi connectivity index (χ1n) is 16.7. The zero-order valence-electron chi connectivity index (χ0n) is 26.9. The molecule has 0 atom stereocenters. The smallest absolute Gasteiger partial charge is 0.238 e. The minimum absolute atomic E-state index is 0.560. The molecule has 7 aromatic carbocycles. The number of aromatic nitrogens is 4. The average molecular weight is 641 g/mol. The summed E-state index contributed by atoms with van der Waals surface area (Å²) in [6.45, 7) is 0. The van der Waals surface area contributed by atoms with E-state index in [4.69, 9.17) is 19.4 Å². The van der Waals surface area contributed by atoms with Crippen LogP contribution in [0.2, 0.25) is 0 Å². The molecule has 0 aliphatic heterocycles. The molecular formula is C45H28N4O. The fraction of sp³-hybridized carbons (Fsp3) is 0. The Balaban J connectivity index is 1.25. The third-order valence-corrected chi connectivity index (χ3v) is 9.46. The van der Waals surface area contributed by atoms with Crippen LogP contribution < -0.4 is 0 Å². The molecule has 234 valence electrons. The van der Waals surface area contributed by atoms with Gasteiger partial charge in [0.2, 0.25) is 5.95 Å². The minimum atomic E-state index is 0.560. The Kier molecular flexibility index (Phi) is 6.42. The van der Waals surface area contributed by atoms with Crippen molar-refractivity contribution in [2.45, 2.75) is 0 Å². The number of hydrogen-bond acceptors (Lipinski definition) is 4. The molecule has 0 spiro atoms. The van der Waals surface area contributed by atoms with Gasteiger partial charge in [-0.3, -0.25) is 4.57 Å². The van der Waals surface area contributed by atoms with E-state index >= 15 is 0 Å². The molecule has 0 unspecified atom stereocenters. The number of fused-ring (bicyclic) bond motifs is 6.